The molecule has 0 bridgehead atoms. The van der Waals surface area contributed by atoms with Gasteiger partial charge in [-0.05, 0) is 104 Å². The molecule has 0 unspecified atom stereocenters. The van der Waals surface area contributed by atoms with E-state index < -0.39 is 5.60 Å². The summed E-state index contributed by atoms with van der Waals surface area (Å²) in [6, 6.07) is 27.7. The Hall–Kier alpha value is -3.50. The molecule has 1 saturated carbocycles. The Labute approximate surface area is 225 Å². The van der Waals surface area contributed by atoms with Gasteiger partial charge in [-0.15, -0.1) is 0 Å². The molecule has 1 fully saturated rings. The maximum absolute atomic E-state index is 11.8. The third-order valence-corrected chi connectivity index (χ3v) is 8.88. The highest BCUT2D eigenvalue weighted by Crippen LogP contribution is 2.55. The maximum atomic E-state index is 11.8. The van der Waals surface area contributed by atoms with Crippen LogP contribution in [-0.2, 0) is 31.3 Å². The molecule has 6 rings (SSSR count). The molecular weight excluding hydrogens is 468 g/mol. The highest BCUT2D eigenvalue weighted by Gasteiger charge is 2.51. The lowest BCUT2D eigenvalue weighted by atomic mass is 9.52. The molecule has 2 aliphatic carbocycles. The third kappa shape index (κ3) is 5.23. The minimum absolute atomic E-state index is 0.0358. The zero-order valence-electron chi connectivity index (χ0n) is 21.9. The molecule has 1 N–H and O–H groups in total. The van der Waals surface area contributed by atoms with Gasteiger partial charge in [0.05, 0.1) is 5.60 Å². The number of aromatic nitrogens is 2. The number of aliphatic hydroxyl groups is 1. The minimum Gasteiger partial charge on any atom is -0.489 e. The highest BCUT2D eigenvalue weighted by molar-refractivity contribution is 5.45. The van der Waals surface area contributed by atoms with Gasteiger partial charge in [-0.2, -0.15) is 0 Å². The standard InChI is InChI=1S/C34H36N2O2/c37-33(16-15-30-10-4-5-20-36-30)17-18-34(22-26-7-2-1-3-8-26)29(23-33)12-11-28-21-31(13-14-32(28)34)38-25-27-9-6-19-35-24-27/h1-10,13-14,19-21,24,29,37H,11-12,15-18,22-23,25H2/t29-,33-,34+/m1/s1. The average molecular weight is 505 g/mol. The predicted octanol–water partition coefficient (Wildman–Crippen LogP) is 6.65. The molecule has 0 saturated heterocycles. The van der Waals surface area contributed by atoms with Crippen LogP contribution in [0.4, 0.5) is 0 Å². The van der Waals surface area contributed by atoms with Crippen LogP contribution in [0.25, 0.3) is 0 Å². The van der Waals surface area contributed by atoms with Gasteiger partial charge in [-0.25, -0.2) is 0 Å². The summed E-state index contributed by atoms with van der Waals surface area (Å²) >= 11 is 0. The number of fused-ring (bicyclic) bond motifs is 3. The van der Waals surface area contributed by atoms with Crippen molar-refractivity contribution in [3.63, 3.8) is 0 Å². The number of hydrogen-bond donors (Lipinski definition) is 1. The van der Waals surface area contributed by atoms with Gasteiger partial charge < -0.3 is 9.84 Å². The van der Waals surface area contributed by atoms with Crippen LogP contribution in [-0.4, -0.2) is 20.7 Å². The van der Waals surface area contributed by atoms with Gasteiger partial charge >= 0.3 is 0 Å². The first-order chi connectivity index (χ1) is 18.6. The van der Waals surface area contributed by atoms with Gasteiger partial charge in [0.15, 0.2) is 0 Å². The summed E-state index contributed by atoms with van der Waals surface area (Å²) in [5.74, 6) is 1.36. The van der Waals surface area contributed by atoms with Crippen LogP contribution in [0.2, 0.25) is 0 Å². The summed E-state index contributed by atoms with van der Waals surface area (Å²) in [6.45, 7) is 0.522. The molecule has 2 aliphatic rings. The zero-order chi connectivity index (χ0) is 25.8. The van der Waals surface area contributed by atoms with E-state index in [1.807, 2.05) is 36.7 Å². The second-order valence-electron chi connectivity index (χ2n) is 11.3. The lowest BCUT2D eigenvalue weighted by Crippen LogP contribution is -2.51. The molecule has 0 radical (unpaired) electrons. The number of benzene rings is 2. The summed E-state index contributed by atoms with van der Waals surface area (Å²) < 4.78 is 6.17. The molecule has 2 aromatic heterocycles. The van der Waals surface area contributed by atoms with Crippen molar-refractivity contribution in [1.82, 2.24) is 9.97 Å². The van der Waals surface area contributed by atoms with E-state index in [0.29, 0.717) is 12.5 Å². The maximum Gasteiger partial charge on any atom is 0.120 e. The summed E-state index contributed by atoms with van der Waals surface area (Å²) in [4.78, 5) is 8.69. The van der Waals surface area contributed by atoms with E-state index >= 15 is 0 Å². The van der Waals surface area contributed by atoms with E-state index in [9.17, 15) is 5.11 Å². The topological polar surface area (TPSA) is 55.2 Å². The van der Waals surface area contributed by atoms with Gasteiger partial charge in [0.25, 0.3) is 0 Å². The normalized spacial score (nSPS) is 24.3. The Kier molecular flexibility index (Phi) is 6.99. The van der Waals surface area contributed by atoms with E-state index in [1.54, 1.807) is 6.20 Å². The van der Waals surface area contributed by atoms with Crippen LogP contribution in [0.15, 0.2) is 97.5 Å². The van der Waals surface area contributed by atoms with Gasteiger partial charge in [0, 0.05) is 35.3 Å². The van der Waals surface area contributed by atoms with Crippen LogP contribution in [0.1, 0.15) is 60.1 Å². The van der Waals surface area contributed by atoms with E-state index in [4.69, 9.17) is 4.74 Å². The predicted molar refractivity (Wildman–Crippen MR) is 150 cm³/mol. The second-order valence-corrected chi connectivity index (χ2v) is 11.3. The lowest BCUT2D eigenvalue weighted by Gasteiger charge is -2.53. The van der Waals surface area contributed by atoms with Crippen molar-refractivity contribution in [2.75, 3.05) is 0 Å². The first-order valence-corrected chi connectivity index (χ1v) is 13.9. The van der Waals surface area contributed by atoms with Crippen LogP contribution >= 0.6 is 0 Å². The van der Waals surface area contributed by atoms with Gasteiger partial charge in [0.1, 0.15) is 12.4 Å². The molecule has 38 heavy (non-hydrogen) atoms. The highest BCUT2D eigenvalue weighted by atomic mass is 16.5. The van der Waals surface area contributed by atoms with Crippen molar-refractivity contribution in [3.05, 3.63) is 125 Å². The molecule has 4 aromatic rings. The minimum atomic E-state index is -0.632. The molecule has 0 amide bonds. The summed E-state index contributed by atoms with van der Waals surface area (Å²) in [6.07, 6.45) is 12.9. The second kappa shape index (κ2) is 10.7. The van der Waals surface area contributed by atoms with Crippen LogP contribution in [0.3, 0.4) is 0 Å². The Bertz CT molecular complexity index is 1350. The molecule has 2 aromatic carbocycles. The van der Waals surface area contributed by atoms with Crippen molar-refractivity contribution < 1.29 is 9.84 Å². The third-order valence-electron chi connectivity index (χ3n) is 8.88. The Morgan fingerprint density at radius 1 is 0.895 bits per heavy atom. The first-order valence-electron chi connectivity index (χ1n) is 13.9. The number of ether oxygens (including phenoxy) is 1. The fourth-order valence-electron chi connectivity index (χ4n) is 6.90. The molecule has 0 spiro atoms. The van der Waals surface area contributed by atoms with E-state index in [0.717, 1.165) is 68.4 Å². The van der Waals surface area contributed by atoms with Crippen LogP contribution in [0.5, 0.6) is 5.75 Å². The molecular formula is C34H36N2O2. The summed E-state index contributed by atoms with van der Waals surface area (Å²) in [5, 5.41) is 11.8. The van der Waals surface area contributed by atoms with Gasteiger partial charge in [-0.1, -0.05) is 48.5 Å². The fraction of sp³-hybridized carbons (Fsp3) is 0.353. The smallest absolute Gasteiger partial charge is 0.120 e. The molecule has 194 valence electrons. The number of aryl methyl sites for hydroxylation is 2. The van der Waals surface area contributed by atoms with E-state index in [-0.39, 0.29) is 5.41 Å². The molecule has 0 aliphatic heterocycles. The van der Waals surface area contributed by atoms with Crippen molar-refractivity contribution in [3.8, 4) is 5.75 Å². The van der Waals surface area contributed by atoms with Crippen LogP contribution < -0.4 is 4.74 Å². The molecule has 2 heterocycles. The molecule has 3 atom stereocenters. The van der Waals surface area contributed by atoms with Gasteiger partial charge in [-0.3, -0.25) is 9.97 Å². The van der Waals surface area contributed by atoms with Crippen molar-refractivity contribution in [2.24, 2.45) is 5.92 Å². The van der Waals surface area contributed by atoms with Crippen molar-refractivity contribution in [1.29, 1.82) is 0 Å². The Balaban J connectivity index is 1.26. The van der Waals surface area contributed by atoms with E-state index in [1.165, 1.54) is 16.7 Å². The average Bonchev–Trinajstić information content (AvgIpc) is 2.97. The van der Waals surface area contributed by atoms with Gasteiger partial charge in [0.2, 0.25) is 0 Å². The Morgan fingerprint density at radius 3 is 2.58 bits per heavy atom. The number of hydrogen-bond acceptors (Lipinski definition) is 4. The fourth-order valence-corrected chi connectivity index (χ4v) is 6.90. The monoisotopic (exact) mass is 504 g/mol. The first kappa shape index (κ1) is 24.8. The Morgan fingerprint density at radius 2 is 1.76 bits per heavy atom. The number of rotatable bonds is 8. The SMILES string of the molecule is O[C@]1(CCc2ccccn2)CC[C@@]2(Cc3ccccc3)c3ccc(OCc4cccnc4)cc3CC[C@@H]2C1. The lowest BCUT2D eigenvalue weighted by molar-refractivity contribution is -0.0560. The summed E-state index contributed by atoms with van der Waals surface area (Å²) in [7, 11) is 0. The quantitative estimate of drug-likeness (QED) is 0.292. The van der Waals surface area contributed by atoms with Crippen LogP contribution in [0, 0.1) is 5.92 Å². The van der Waals surface area contributed by atoms with Crippen molar-refractivity contribution >= 4 is 0 Å². The number of nitrogens with zero attached hydrogens (tertiary/aromatic N) is 2. The molecule has 4 heteroatoms. The molecule has 4 nitrogen and oxygen atoms in total. The zero-order valence-corrected chi connectivity index (χ0v) is 21.9. The summed E-state index contributed by atoms with van der Waals surface area (Å²) in [5.41, 5.74) is 5.78. The van der Waals surface area contributed by atoms with E-state index in [2.05, 4.69) is 64.6 Å². The van der Waals surface area contributed by atoms with Crippen molar-refractivity contribution in [2.45, 2.75) is 69.0 Å². The largest absolute Gasteiger partial charge is 0.489 e. The number of pyridine rings is 2.